The van der Waals surface area contributed by atoms with Crippen molar-refractivity contribution < 1.29 is 31.9 Å². The number of nitrogens with two attached hydrogens (primary N) is 1. The lowest BCUT2D eigenvalue weighted by atomic mass is 9.91. The molecule has 2 aliphatic rings. The quantitative estimate of drug-likeness (QED) is 0.142. The maximum Gasteiger partial charge on any atom is 0.341 e. The summed E-state index contributed by atoms with van der Waals surface area (Å²) in [4.78, 5) is 39.7. The van der Waals surface area contributed by atoms with E-state index in [2.05, 4.69) is 19.9 Å². The number of esters is 1. The van der Waals surface area contributed by atoms with E-state index in [0.717, 1.165) is 37.8 Å². The number of halogens is 4. The van der Waals surface area contributed by atoms with E-state index in [4.69, 9.17) is 10.5 Å². The summed E-state index contributed by atoms with van der Waals surface area (Å²) >= 11 is 0. The molecule has 0 atom stereocenters. The number of Topliss-reactive ketones (excluding diaryl/α,β-unsaturated/α-hetero) is 1. The first-order valence-electron chi connectivity index (χ1n) is 14.5. The summed E-state index contributed by atoms with van der Waals surface area (Å²) in [5.41, 5.74) is 6.19. The van der Waals surface area contributed by atoms with Gasteiger partial charge in [0.25, 0.3) is 0 Å². The van der Waals surface area contributed by atoms with Crippen LogP contribution in [0, 0.1) is 23.3 Å². The highest BCUT2D eigenvalue weighted by Crippen LogP contribution is 2.52. The fourth-order valence-electron chi connectivity index (χ4n) is 5.30. The third kappa shape index (κ3) is 7.39. The zero-order valence-corrected chi connectivity index (χ0v) is 24.5. The summed E-state index contributed by atoms with van der Waals surface area (Å²) in [5.74, 6) is -1.87. The van der Waals surface area contributed by atoms with Crippen LogP contribution in [0.2, 0.25) is 0 Å². The summed E-state index contributed by atoms with van der Waals surface area (Å²) in [6, 6.07) is 7.32. The van der Waals surface area contributed by atoms with Gasteiger partial charge in [-0.05, 0) is 55.9 Å². The van der Waals surface area contributed by atoms with Crippen LogP contribution in [-0.2, 0) is 28.4 Å². The maximum atomic E-state index is 14.0. The maximum absolute atomic E-state index is 14.0. The third-order valence-electron chi connectivity index (χ3n) is 8.13. The van der Waals surface area contributed by atoms with Crippen molar-refractivity contribution in [2.75, 3.05) is 13.2 Å². The van der Waals surface area contributed by atoms with Crippen molar-refractivity contribution in [3.63, 3.8) is 0 Å². The van der Waals surface area contributed by atoms with E-state index in [9.17, 15) is 27.2 Å². The van der Waals surface area contributed by atoms with E-state index in [1.54, 1.807) is 6.92 Å². The van der Waals surface area contributed by atoms with E-state index in [1.165, 1.54) is 49.1 Å². The molecule has 2 aromatic carbocycles. The first-order chi connectivity index (χ1) is 21.6. The average molecular weight is 622 g/mol. The molecule has 0 saturated heterocycles. The fraction of sp³-hybridized carbons (Fsp3) is 0.333. The molecule has 0 spiro atoms. The Morgan fingerprint density at radius 1 is 0.733 bits per heavy atom. The number of benzene rings is 2. The lowest BCUT2D eigenvalue weighted by Crippen LogP contribution is -2.17. The van der Waals surface area contributed by atoms with Gasteiger partial charge in [0.05, 0.1) is 24.3 Å². The molecule has 4 aromatic rings. The standard InChI is InChI=1S/C17H16F2N2O2.C16H15F2N3O/c1-2-23-16(22)11-9-20-15(21-10-11)8-17(5-6-17)13-4-3-12(18)7-14(13)19;17-11-1-2-12(13(18)5-11)16(3-4-16)6-15-20-8-10(9-21-15)14(22)7-19/h3-4,7,9-10H,2,5-6,8H2,1H3;1-2,5,8-9H,3-4,6-7,19H2. The zero-order valence-electron chi connectivity index (χ0n) is 24.5. The molecule has 2 saturated carbocycles. The van der Waals surface area contributed by atoms with Crippen LogP contribution in [0.25, 0.3) is 0 Å². The van der Waals surface area contributed by atoms with Gasteiger partial charge in [-0.25, -0.2) is 42.3 Å². The van der Waals surface area contributed by atoms with Crippen molar-refractivity contribution >= 4 is 11.8 Å². The Labute approximate surface area is 257 Å². The smallest absolute Gasteiger partial charge is 0.341 e. The predicted molar refractivity (Wildman–Crippen MR) is 155 cm³/mol. The molecular weight excluding hydrogens is 590 g/mol. The van der Waals surface area contributed by atoms with E-state index in [0.29, 0.717) is 41.2 Å². The number of ketones is 1. The van der Waals surface area contributed by atoms with Gasteiger partial charge in [-0.3, -0.25) is 4.79 Å². The second-order valence-electron chi connectivity index (χ2n) is 11.3. The minimum absolute atomic E-state index is 0.0898. The number of nitrogens with zero attached hydrogens (tertiary/aromatic N) is 4. The Hall–Kier alpha value is -4.58. The minimum Gasteiger partial charge on any atom is -0.462 e. The molecule has 0 unspecified atom stereocenters. The monoisotopic (exact) mass is 621 g/mol. The van der Waals surface area contributed by atoms with Gasteiger partial charge in [-0.2, -0.15) is 0 Å². The Morgan fingerprint density at radius 2 is 1.16 bits per heavy atom. The van der Waals surface area contributed by atoms with Crippen molar-refractivity contribution in [1.82, 2.24) is 19.9 Å². The molecule has 0 radical (unpaired) electrons. The van der Waals surface area contributed by atoms with E-state index in [1.807, 2.05) is 0 Å². The van der Waals surface area contributed by atoms with E-state index in [-0.39, 0.29) is 35.3 Å². The topological polar surface area (TPSA) is 121 Å². The average Bonchev–Trinajstić information content (AvgIpc) is 3.96. The first-order valence-corrected chi connectivity index (χ1v) is 14.5. The fourth-order valence-corrected chi connectivity index (χ4v) is 5.30. The van der Waals surface area contributed by atoms with Crippen LogP contribution in [0.3, 0.4) is 0 Å². The van der Waals surface area contributed by atoms with Crippen molar-refractivity contribution in [3.8, 4) is 0 Å². The number of hydrogen-bond acceptors (Lipinski definition) is 8. The molecule has 2 N–H and O–H groups in total. The summed E-state index contributed by atoms with van der Waals surface area (Å²) in [6.07, 6.45) is 9.85. The lowest BCUT2D eigenvalue weighted by molar-refractivity contribution is 0.0525. The second-order valence-corrected chi connectivity index (χ2v) is 11.3. The summed E-state index contributed by atoms with van der Waals surface area (Å²) in [6.45, 7) is 1.92. The van der Waals surface area contributed by atoms with Crippen LogP contribution in [-0.4, -0.2) is 44.8 Å². The van der Waals surface area contributed by atoms with E-state index >= 15 is 0 Å². The molecule has 0 bridgehead atoms. The van der Waals surface area contributed by atoms with Gasteiger partial charge in [-0.15, -0.1) is 0 Å². The second kappa shape index (κ2) is 13.2. The Balaban J connectivity index is 0.000000178. The van der Waals surface area contributed by atoms with Crippen LogP contribution < -0.4 is 5.73 Å². The van der Waals surface area contributed by atoms with Gasteiger partial charge >= 0.3 is 5.97 Å². The highest BCUT2D eigenvalue weighted by molar-refractivity contribution is 5.96. The number of carbonyl (C=O) groups excluding carboxylic acids is 2. The molecule has 12 heteroatoms. The number of hydrogen-bond donors (Lipinski definition) is 1. The van der Waals surface area contributed by atoms with Crippen molar-refractivity contribution in [1.29, 1.82) is 0 Å². The number of ether oxygens (including phenoxy) is 1. The summed E-state index contributed by atoms with van der Waals surface area (Å²) < 4.78 is 58.9. The van der Waals surface area contributed by atoms with Gasteiger partial charge < -0.3 is 10.5 Å². The molecule has 6 rings (SSSR count). The van der Waals surface area contributed by atoms with Crippen LogP contribution in [0.4, 0.5) is 17.6 Å². The van der Waals surface area contributed by atoms with Crippen molar-refractivity contribution in [3.05, 3.63) is 118 Å². The molecular formula is C33H31F4N5O3. The number of aromatic nitrogens is 4. The largest absolute Gasteiger partial charge is 0.462 e. The Kier molecular flexibility index (Phi) is 9.33. The molecule has 2 aliphatic carbocycles. The predicted octanol–water partition coefficient (Wildman–Crippen LogP) is 5.38. The molecule has 2 aromatic heterocycles. The Morgan fingerprint density at radius 3 is 1.51 bits per heavy atom. The highest BCUT2D eigenvalue weighted by Gasteiger charge is 2.47. The number of carbonyl (C=O) groups is 2. The van der Waals surface area contributed by atoms with Gasteiger partial charge in [0.2, 0.25) is 0 Å². The molecule has 2 fully saturated rings. The molecule has 234 valence electrons. The third-order valence-corrected chi connectivity index (χ3v) is 8.13. The summed E-state index contributed by atoms with van der Waals surface area (Å²) in [5, 5.41) is 0. The normalized spacial score (nSPS) is 15.4. The van der Waals surface area contributed by atoms with Crippen LogP contribution in [0.1, 0.15) is 76.1 Å². The molecule has 0 amide bonds. The molecule has 8 nitrogen and oxygen atoms in total. The van der Waals surface area contributed by atoms with Gasteiger partial charge in [0.1, 0.15) is 34.9 Å². The van der Waals surface area contributed by atoms with Crippen LogP contribution >= 0.6 is 0 Å². The summed E-state index contributed by atoms with van der Waals surface area (Å²) in [7, 11) is 0. The highest BCUT2D eigenvalue weighted by atomic mass is 19.1. The lowest BCUT2D eigenvalue weighted by Gasteiger charge is -2.15. The van der Waals surface area contributed by atoms with Crippen LogP contribution in [0.15, 0.2) is 61.2 Å². The molecule has 45 heavy (non-hydrogen) atoms. The van der Waals surface area contributed by atoms with Crippen molar-refractivity contribution in [2.24, 2.45) is 5.73 Å². The van der Waals surface area contributed by atoms with Crippen molar-refractivity contribution in [2.45, 2.75) is 56.3 Å². The van der Waals surface area contributed by atoms with E-state index < -0.39 is 29.2 Å². The minimum atomic E-state index is -0.586. The number of rotatable bonds is 10. The van der Waals surface area contributed by atoms with Gasteiger partial charge in [0, 0.05) is 60.6 Å². The van der Waals surface area contributed by atoms with Gasteiger partial charge in [0.15, 0.2) is 5.78 Å². The van der Waals surface area contributed by atoms with Crippen LogP contribution in [0.5, 0.6) is 0 Å². The molecule has 2 heterocycles. The molecule has 0 aliphatic heterocycles. The first kappa shape index (κ1) is 31.8. The van der Waals surface area contributed by atoms with Gasteiger partial charge in [-0.1, -0.05) is 12.1 Å². The zero-order chi connectivity index (χ0) is 32.2. The SMILES string of the molecule is CCOC(=O)c1cnc(CC2(c3ccc(F)cc3F)CC2)nc1.NCC(=O)c1cnc(CC2(c3ccc(F)cc3F)CC2)nc1. The Bertz CT molecular complexity index is 1690.